The zero-order valence-electron chi connectivity index (χ0n) is 23.0. The number of carbonyl (C=O) groups is 1. The molecule has 1 aliphatic rings. The Morgan fingerprint density at radius 2 is 1.68 bits per heavy atom. The number of ether oxygens (including phenoxy) is 1. The van der Waals surface area contributed by atoms with Gasteiger partial charge in [0.15, 0.2) is 0 Å². The fourth-order valence-corrected chi connectivity index (χ4v) is 5.96. The fourth-order valence-electron chi connectivity index (χ4n) is 4.92. The zero-order chi connectivity index (χ0) is 28.3. The molecular formula is C32H35N3O4S. The van der Waals surface area contributed by atoms with Gasteiger partial charge in [0.1, 0.15) is 0 Å². The molecule has 208 valence electrons. The molecule has 0 aliphatic carbocycles. The number of aromatic amines is 1. The molecule has 3 aromatic carbocycles. The lowest BCUT2D eigenvalue weighted by Crippen LogP contribution is -2.37. The number of fused-ring (bicyclic) bond motifs is 1. The van der Waals surface area contributed by atoms with E-state index in [2.05, 4.69) is 35.8 Å². The lowest BCUT2D eigenvalue weighted by Gasteiger charge is -2.22. The first-order valence-electron chi connectivity index (χ1n) is 13.5. The second-order valence-corrected chi connectivity index (χ2v) is 12.8. The van der Waals surface area contributed by atoms with Gasteiger partial charge < -0.3 is 15.0 Å². The molecule has 5 rings (SSSR count). The van der Waals surface area contributed by atoms with E-state index in [4.69, 9.17) is 4.74 Å². The first-order chi connectivity index (χ1) is 19.1. The SMILES string of the molecule is CC(C)(C)c1ccc(S(=O)(=O)Nc2ccc3[nH]c(/C=C/C(=O)NC4CCOCC4)c(-c4ccccc4)c3c2)cc1. The van der Waals surface area contributed by atoms with Crippen LogP contribution in [0.2, 0.25) is 0 Å². The molecule has 1 fully saturated rings. The Kier molecular flexibility index (Phi) is 7.83. The largest absolute Gasteiger partial charge is 0.381 e. The van der Waals surface area contributed by atoms with E-state index in [1.54, 1.807) is 24.3 Å². The van der Waals surface area contributed by atoms with E-state index >= 15 is 0 Å². The minimum absolute atomic E-state index is 0.0689. The van der Waals surface area contributed by atoms with E-state index in [1.165, 1.54) is 6.08 Å². The molecule has 3 N–H and O–H groups in total. The Bertz CT molecular complexity index is 1630. The van der Waals surface area contributed by atoms with E-state index < -0.39 is 10.0 Å². The number of amides is 1. The van der Waals surface area contributed by atoms with E-state index in [9.17, 15) is 13.2 Å². The van der Waals surface area contributed by atoms with Crippen molar-refractivity contribution in [1.82, 2.24) is 10.3 Å². The van der Waals surface area contributed by atoms with Gasteiger partial charge in [-0.1, -0.05) is 63.2 Å². The third-order valence-corrected chi connectivity index (χ3v) is 8.54. The summed E-state index contributed by atoms with van der Waals surface area (Å²) in [6.45, 7) is 7.58. The normalized spacial score (nSPS) is 15.0. The Morgan fingerprint density at radius 1 is 0.975 bits per heavy atom. The molecule has 4 aromatic rings. The number of rotatable bonds is 7. The summed E-state index contributed by atoms with van der Waals surface area (Å²) >= 11 is 0. The number of aromatic nitrogens is 1. The topological polar surface area (TPSA) is 100 Å². The van der Waals surface area contributed by atoms with Crippen LogP contribution in [0.15, 0.2) is 83.8 Å². The molecule has 8 heteroatoms. The van der Waals surface area contributed by atoms with E-state index in [0.717, 1.165) is 46.1 Å². The van der Waals surface area contributed by atoms with Crippen molar-refractivity contribution in [2.75, 3.05) is 17.9 Å². The van der Waals surface area contributed by atoms with Gasteiger partial charge in [-0.2, -0.15) is 0 Å². The first-order valence-corrected chi connectivity index (χ1v) is 15.0. The maximum atomic E-state index is 13.2. The second kappa shape index (κ2) is 11.3. The molecule has 0 spiro atoms. The molecule has 1 aromatic heterocycles. The predicted octanol–water partition coefficient (Wildman–Crippen LogP) is 6.24. The standard InChI is InChI=1S/C32H35N3O4S/c1-32(2,3)23-9-12-26(13-10-23)40(37,38)35-25-11-14-28-27(21-25)31(22-7-5-4-6-8-22)29(34-28)15-16-30(36)33-24-17-19-39-20-18-24/h4-16,21,24,34-35H,17-20H2,1-3H3,(H,33,36)/b16-15+. The van der Waals surface area contributed by atoms with Gasteiger partial charge in [-0.25, -0.2) is 8.42 Å². The molecule has 0 bridgehead atoms. The number of nitrogens with one attached hydrogen (secondary N) is 3. The number of benzene rings is 3. The van der Waals surface area contributed by atoms with E-state index in [1.807, 2.05) is 54.6 Å². The van der Waals surface area contributed by atoms with Gasteiger partial charge in [-0.05, 0) is 65.8 Å². The quantitative estimate of drug-likeness (QED) is 0.234. The molecule has 0 atom stereocenters. The van der Waals surface area contributed by atoms with Gasteiger partial charge in [0, 0.05) is 53.2 Å². The van der Waals surface area contributed by atoms with Crippen molar-refractivity contribution in [3.63, 3.8) is 0 Å². The third-order valence-electron chi connectivity index (χ3n) is 7.14. The average Bonchev–Trinajstić information content (AvgIpc) is 3.30. The van der Waals surface area contributed by atoms with Crippen molar-refractivity contribution in [1.29, 1.82) is 0 Å². The summed E-state index contributed by atoms with van der Waals surface area (Å²) in [5.74, 6) is -0.157. The molecule has 1 amide bonds. The maximum absolute atomic E-state index is 13.2. The fraction of sp³-hybridized carbons (Fsp3) is 0.281. The van der Waals surface area contributed by atoms with Crippen molar-refractivity contribution in [2.24, 2.45) is 0 Å². The molecule has 2 heterocycles. The third kappa shape index (κ3) is 6.29. The summed E-state index contributed by atoms with van der Waals surface area (Å²) in [4.78, 5) is 16.2. The van der Waals surface area contributed by atoms with Crippen LogP contribution >= 0.6 is 0 Å². The van der Waals surface area contributed by atoms with E-state index in [-0.39, 0.29) is 22.3 Å². The highest BCUT2D eigenvalue weighted by Gasteiger charge is 2.20. The highest BCUT2D eigenvalue weighted by Crippen LogP contribution is 2.35. The van der Waals surface area contributed by atoms with Crippen molar-refractivity contribution >= 4 is 38.6 Å². The smallest absolute Gasteiger partial charge is 0.261 e. The van der Waals surface area contributed by atoms with Crippen molar-refractivity contribution in [3.05, 3.63) is 90.1 Å². The van der Waals surface area contributed by atoms with E-state index in [0.29, 0.717) is 18.9 Å². The predicted molar refractivity (Wildman–Crippen MR) is 161 cm³/mol. The molecular weight excluding hydrogens is 522 g/mol. The van der Waals surface area contributed by atoms with Gasteiger partial charge in [-0.15, -0.1) is 0 Å². The number of hydrogen-bond acceptors (Lipinski definition) is 4. The summed E-state index contributed by atoms with van der Waals surface area (Å²) in [5, 5.41) is 3.89. The average molecular weight is 558 g/mol. The Balaban J connectivity index is 1.45. The minimum Gasteiger partial charge on any atom is -0.381 e. The maximum Gasteiger partial charge on any atom is 0.261 e. The Labute approximate surface area is 235 Å². The van der Waals surface area contributed by atoms with Crippen molar-refractivity contribution in [2.45, 2.75) is 50.0 Å². The van der Waals surface area contributed by atoms with Crippen molar-refractivity contribution in [3.8, 4) is 11.1 Å². The molecule has 0 unspecified atom stereocenters. The number of hydrogen-bond donors (Lipinski definition) is 3. The summed E-state index contributed by atoms with van der Waals surface area (Å²) < 4.78 is 34.5. The highest BCUT2D eigenvalue weighted by atomic mass is 32.2. The van der Waals surface area contributed by atoms with Crippen LogP contribution in [-0.4, -0.2) is 38.6 Å². The van der Waals surface area contributed by atoms with Gasteiger partial charge in [0.05, 0.1) is 4.90 Å². The molecule has 0 saturated carbocycles. The van der Waals surface area contributed by atoms with Crippen LogP contribution in [-0.2, 0) is 25.0 Å². The van der Waals surface area contributed by atoms with Crippen LogP contribution in [0.4, 0.5) is 5.69 Å². The summed E-state index contributed by atoms with van der Waals surface area (Å²) in [5.41, 5.74) is 4.89. The Hall–Kier alpha value is -3.88. The minimum atomic E-state index is -3.79. The lowest BCUT2D eigenvalue weighted by atomic mass is 9.87. The second-order valence-electron chi connectivity index (χ2n) is 11.1. The summed E-state index contributed by atoms with van der Waals surface area (Å²) in [6.07, 6.45) is 4.93. The van der Waals surface area contributed by atoms with Crippen LogP contribution in [0.1, 0.15) is 44.9 Å². The summed E-state index contributed by atoms with van der Waals surface area (Å²) in [6, 6.07) is 22.4. The lowest BCUT2D eigenvalue weighted by molar-refractivity contribution is -0.117. The van der Waals surface area contributed by atoms with Crippen LogP contribution in [0.25, 0.3) is 28.1 Å². The number of H-pyrrole nitrogens is 1. The number of carbonyl (C=O) groups excluding carboxylic acids is 1. The van der Waals surface area contributed by atoms with Crippen LogP contribution in [0, 0.1) is 0 Å². The van der Waals surface area contributed by atoms with Gasteiger partial charge in [0.25, 0.3) is 10.0 Å². The Morgan fingerprint density at radius 3 is 2.35 bits per heavy atom. The van der Waals surface area contributed by atoms with Crippen LogP contribution < -0.4 is 10.0 Å². The van der Waals surface area contributed by atoms with Gasteiger partial charge in [-0.3, -0.25) is 9.52 Å². The zero-order valence-corrected chi connectivity index (χ0v) is 23.8. The molecule has 0 radical (unpaired) electrons. The first kappa shape index (κ1) is 27.7. The van der Waals surface area contributed by atoms with Gasteiger partial charge >= 0.3 is 0 Å². The molecule has 40 heavy (non-hydrogen) atoms. The number of sulfonamides is 1. The van der Waals surface area contributed by atoms with Crippen molar-refractivity contribution < 1.29 is 17.9 Å². The highest BCUT2D eigenvalue weighted by molar-refractivity contribution is 7.92. The molecule has 1 saturated heterocycles. The van der Waals surface area contributed by atoms with Gasteiger partial charge in [0.2, 0.25) is 5.91 Å². The van der Waals surface area contributed by atoms with Crippen LogP contribution in [0.3, 0.4) is 0 Å². The number of anilines is 1. The van der Waals surface area contributed by atoms with Crippen LogP contribution in [0.5, 0.6) is 0 Å². The molecule has 7 nitrogen and oxygen atoms in total. The molecule has 1 aliphatic heterocycles. The summed E-state index contributed by atoms with van der Waals surface area (Å²) in [7, 11) is -3.79. The monoisotopic (exact) mass is 557 g/mol.